The van der Waals surface area contributed by atoms with Crippen molar-refractivity contribution in [2.45, 2.75) is 24.8 Å². The van der Waals surface area contributed by atoms with Crippen molar-refractivity contribution < 1.29 is 13.2 Å². The zero-order valence-electron chi connectivity index (χ0n) is 12.8. The number of carbonyl (C=O) groups excluding carboxylic acids is 1. The summed E-state index contributed by atoms with van der Waals surface area (Å²) >= 11 is 1.61. The smallest absolute Gasteiger partial charge is 0.244 e. The molecule has 7 heteroatoms. The molecule has 1 amide bonds. The minimum atomic E-state index is -3.70. The molecule has 0 bridgehead atoms. The minimum absolute atomic E-state index is 0.0488. The summed E-state index contributed by atoms with van der Waals surface area (Å²) in [7, 11) is -3.70. The van der Waals surface area contributed by atoms with Crippen LogP contribution >= 0.6 is 11.3 Å². The van der Waals surface area contributed by atoms with Crippen LogP contribution in [0, 0.1) is 6.92 Å². The molecular formula is C16H18N2O3S2. The first-order chi connectivity index (χ1) is 10.8. The molecule has 23 heavy (non-hydrogen) atoms. The molecule has 0 saturated heterocycles. The first-order valence-corrected chi connectivity index (χ1v) is 9.30. The van der Waals surface area contributed by atoms with Crippen LogP contribution in [0.15, 0.2) is 47.4 Å². The topological polar surface area (TPSA) is 89.3 Å². The van der Waals surface area contributed by atoms with Gasteiger partial charge >= 0.3 is 0 Å². The maximum absolute atomic E-state index is 11.9. The van der Waals surface area contributed by atoms with E-state index in [0.717, 1.165) is 10.4 Å². The van der Waals surface area contributed by atoms with Crippen LogP contribution < -0.4 is 10.5 Å². The van der Waals surface area contributed by atoms with Gasteiger partial charge in [0.15, 0.2) is 0 Å². The number of carbonyl (C=O) groups is 1. The molecule has 2 aromatic rings. The van der Waals surface area contributed by atoms with Gasteiger partial charge in [-0.3, -0.25) is 4.79 Å². The molecule has 0 aliphatic heterocycles. The lowest BCUT2D eigenvalue weighted by atomic mass is 10.1. The van der Waals surface area contributed by atoms with Crippen LogP contribution in [0.2, 0.25) is 0 Å². The van der Waals surface area contributed by atoms with Crippen LogP contribution in [-0.2, 0) is 14.8 Å². The fourth-order valence-electron chi connectivity index (χ4n) is 1.99. The predicted molar refractivity (Wildman–Crippen MR) is 92.5 cm³/mol. The Bertz CT molecular complexity index is 821. The van der Waals surface area contributed by atoms with E-state index in [9.17, 15) is 13.2 Å². The van der Waals surface area contributed by atoms with E-state index in [1.165, 1.54) is 23.1 Å². The Balaban J connectivity index is 1.99. The van der Waals surface area contributed by atoms with Crippen molar-refractivity contribution in [1.82, 2.24) is 5.32 Å². The van der Waals surface area contributed by atoms with Gasteiger partial charge in [-0.05, 0) is 49.8 Å². The molecule has 1 aromatic carbocycles. The lowest BCUT2D eigenvalue weighted by Gasteiger charge is -2.13. The Morgan fingerprint density at radius 2 is 1.87 bits per heavy atom. The lowest BCUT2D eigenvalue weighted by Crippen LogP contribution is -2.24. The number of nitrogens with two attached hydrogens (primary N) is 1. The highest BCUT2D eigenvalue weighted by Crippen LogP contribution is 2.17. The second kappa shape index (κ2) is 7.08. The SMILES string of the molecule is Cc1ccc(/C=C/C(=O)NC(C)c2ccc(S(N)(=O)=O)cc2)s1. The molecule has 5 nitrogen and oxygen atoms in total. The van der Waals surface area contributed by atoms with Crippen molar-refractivity contribution in [3.8, 4) is 0 Å². The van der Waals surface area contributed by atoms with Crippen molar-refractivity contribution in [3.05, 3.63) is 57.8 Å². The molecule has 122 valence electrons. The average molecular weight is 350 g/mol. The number of hydrogen-bond acceptors (Lipinski definition) is 4. The molecule has 2 rings (SSSR count). The number of aryl methyl sites for hydroxylation is 1. The number of hydrogen-bond donors (Lipinski definition) is 2. The first kappa shape index (κ1) is 17.4. The molecule has 3 N–H and O–H groups in total. The number of sulfonamides is 1. The maximum atomic E-state index is 11.9. The minimum Gasteiger partial charge on any atom is -0.346 e. The standard InChI is InChI=1S/C16H18N2O3S2/c1-11-3-6-14(22-11)7-10-16(19)18-12(2)13-4-8-15(9-5-13)23(17,20)21/h3-10,12H,1-2H3,(H,18,19)(H2,17,20,21)/b10-7+. The molecule has 0 spiro atoms. The number of rotatable bonds is 5. The van der Waals surface area contributed by atoms with Crippen molar-refractivity contribution in [3.63, 3.8) is 0 Å². The molecule has 0 fully saturated rings. The summed E-state index contributed by atoms with van der Waals surface area (Å²) in [4.78, 5) is 14.2. The Labute approximate surface area is 139 Å². The normalized spacial score (nSPS) is 13.2. The third-order valence-corrected chi connectivity index (χ3v) is 5.12. The molecular weight excluding hydrogens is 332 g/mol. The molecule has 0 radical (unpaired) electrons. The van der Waals surface area contributed by atoms with Crippen LogP contribution in [-0.4, -0.2) is 14.3 Å². The van der Waals surface area contributed by atoms with Gasteiger partial charge in [0, 0.05) is 15.8 Å². The third-order valence-electron chi connectivity index (χ3n) is 3.23. The summed E-state index contributed by atoms with van der Waals surface area (Å²) in [6.07, 6.45) is 3.25. The van der Waals surface area contributed by atoms with E-state index in [1.807, 2.05) is 26.0 Å². The second-order valence-corrected chi connectivity index (χ2v) is 8.01. The maximum Gasteiger partial charge on any atom is 0.244 e. The largest absolute Gasteiger partial charge is 0.346 e. The molecule has 1 atom stereocenters. The Hall–Kier alpha value is -1.96. The van der Waals surface area contributed by atoms with Crippen molar-refractivity contribution in [2.75, 3.05) is 0 Å². The van der Waals surface area contributed by atoms with E-state index in [2.05, 4.69) is 5.32 Å². The van der Waals surface area contributed by atoms with Gasteiger partial charge in [-0.1, -0.05) is 12.1 Å². The highest BCUT2D eigenvalue weighted by molar-refractivity contribution is 7.89. The zero-order valence-corrected chi connectivity index (χ0v) is 14.4. The fourth-order valence-corrected chi connectivity index (χ4v) is 3.29. The second-order valence-electron chi connectivity index (χ2n) is 5.13. The van der Waals surface area contributed by atoms with Crippen LogP contribution in [0.1, 0.15) is 28.3 Å². The van der Waals surface area contributed by atoms with Gasteiger partial charge < -0.3 is 5.32 Å². The summed E-state index contributed by atoms with van der Waals surface area (Å²) in [6, 6.07) is 9.84. The van der Waals surface area contributed by atoms with Crippen LogP contribution in [0.25, 0.3) is 6.08 Å². The molecule has 1 unspecified atom stereocenters. The van der Waals surface area contributed by atoms with Crippen molar-refractivity contribution in [2.24, 2.45) is 5.14 Å². The Morgan fingerprint density at radius 3 is 2.39 bits per heavy atom. The molecule has 1 heterocycles. The van der Waals surface area contributed by atoms with Crippen molar-refractivity contribution >= 4 is 33.3 Å². The zero-order chi connectivity index (χ0) is 17.0. The first-order valence-electron chi connectivity index (χ1n) is 6.93. The number of benzene rings is 1. The summed E-state index contributed by atoms with van der Waals surface area (Å²) < 4.78 is 22.4. The van der Waals surface area contributed by atoms with Gasteiger partial charge in [-0.15, -0.1) is 11.3 Å². The monoisotopic (exact) mass is 350 g/mol. The van der Waals surface area contributed by atoms with E-state index < -0.39 is 10.0 Å². The van der Waals surface area contributed by atoms with Crippen LogP contribution in [0.3, 0.4) is 0 Å². The summed E-state index contributed by atoms with van der Waals surface area (Å²) in [6.45, 7) is 3.84. The van der Waals surface area contributed by atoms with E-state index >= 15 is 0 Å². The van der Waals surface area contributed by atoms with Gasteiger partial charge in [0.2, 0.25) is 15.9 Å². The van der Waals surface area contributed by atoms with Crippen LogP contribution in [0.4, 0.5) is 0 Å². The lowest BCUT2D eigenvalue weighted by molar-refractivity contribution is -0.117. The van der Waals surface area contributed by atoms with E-state index in [1.54, 1.807) is 29.5 Å². The van der Waals surface area contributed by atoms with Gasteiger partial charge in [0.05, 0.1) is 10.9 Å². The highest BCUT2D eigenvalue weighted by Gasteiger charge is 2.11. The van der Waals surface area contributed by atoms with E-state index in [-0.39, 0.29) is 16.8 Å². The molecule has 1 aromatic heterocycles. The van der Waals surface area contributed by atoms with E-state index in [4.69, 9.17) is 5.14 Å². The number of primary sulfonamides is 1. The molecule has 0 aliphatic carbocycles. The van der Waals surface area contributed by atoms with Gasteiger partial charge in [0.1, 0.15) is 0 Å². The van der Waals surface area contributed by atoms with Crippen molar-refractivity contribution in [1.29, 1.82) is 0 Å². The summed E-state index contributed by atoms with van der Waals surface area (Å²) in [5, 5.41) is 7.88. The average Bonchev–Trinajstić information content (AvgIpc) is 2.90. The number of thiophene rings is 1. The third kappa shape index (κ3) is 5.02. The quantitative estimate of drug-likeness (QED) is 0.812. The number of amides is 1. The number of nitrogens with one attached hydrogen (secondary N) is 1. The van der Waals surface area contributed by atoms with Crippen LogP contribution in [0.5, 0.6) is 0 Å². The summed E-state index contributed by atoms with van der Waals surface area (Å²) in [5.41, 5.74) is 0.797. The van der Waals surface area contributed by atoms with Gasteiger partial charge in [0.25, 0.3) is 0 Å². The van der Waals surface area contributed by atoms with Gasteiger partial charge in [-0.2, -0.15) is 0 Å². The highest BCUT2D eigenvalue weighted by atomic mass is 32.2. The molecule has 0 saturated carbocycles. The van der Waals surface area contributed by atoms with E-state index in [0.29, 0.717) is 0 Å². The summed E-state index contributed by atoms with van der Waals surface area (Å²) in [5.74, 6) is -0.209. The van der Waals surface area contributed by atoms with Gasteiger partial charge in [-0.25, -0.2) is 13.6 Å². The fraction of sp³-hybridized carbons (Fsp3) is 0.188. The Kier molecular flexibility index (Phi) is 5.35. The Morgan fingerprint density at radius 1 is 1.22 bits per heavy atom. The predicted octanol–water partition coefficient (Wildman–Crippen LogP) is 2.59. The molecule has 0 aliphatic rings.